The summed E-state index contributed by atoms with van der Waals surface area (Å²) >= 11 is 1.63. The van der Waals surface area contributed by atoms with Gasteiger partial charge in [0.05, 0.1) is 5.56 Å². The number of halogens is 3. The lowest BCUT2D eigenvalue weighted by Crippen LogP contribution is -2.12. The number of hydrogen-bond acceptors (Lipinski definition) is 2. The molecule has 0 atom stereocenters. The van der Waals surface area contributed by atoms with Gasteiger partial charge in [0.15, 0.2) is 0 Å². The van der Waals surface area contributed by atoms with Crippen LogP contribution in [-0.4, -0.2) is 17.9 Å². The summed E-state index contributed by atoms with van der Waals surface area (Å²) in [6.45, 7) is 0. The van der Waals surface area contributed by atoms with Gasteiger partial charge >= 0.3 is 6.18 Å². The Hall–Kier alpha value is -1.17. The zero-order valence-electron chi connectivity index (χ0n) is 9.88. The van der Waals surface area contributed by atoms with Crippen molar-refractivity contribution in [1.29, 1.82) is 0 Å². The van der Waals surface area contributed by atoms with Gasteiger partial charge < -0.3 is 5.32 Å². The van der Waals surface area contributed by atoms with Crippen LogP contribution < -0.4 is 5.32 Å². The highest BCUT2D eigenvalue weighted by molar-refractivity contribution is 7.98. The van der Waals surface area contributed by atoms with Crippen LogP contribution in [0.3, 0.4) is 0 Å². The molecular weight excluding hydrogens is 263 g/mol. The molecule has 0 bridgehead atoms. The van der Waals surface area contributed by atoms with E-state index in [0.29, 0.717) is 12.8 Å². The van der Waals surface area contributed by atoms with E-state index < -0.39 is 11.7 Å². The van der Waals surface area contributed by atoms with Gasteiger partial charge in [-0.15, -0.1) is 0 Å². The SMILES string of the molecule is CSCCCC(=O)Nc1cccc(C(F)(F)F)c1. The monoisotopic (exact) mass is 277 g/mol. The molecule has 0 unspecified atom stereocenters. The summed E-state index contributed by atoms with van der Waals surface area (Å²) in [5.74, 6) is 0.596. The van der Waals surface area contributed by atoms with Gasteiger partial charge in [-0.05, 0) is 36.6 Å². The van der Waals surface area contributed by atoms with Crippen LogP contribution in [-0.2, 0) is 11.0 Å². The van der Waals surface area contributed by atoms with Crippen molar-refractivity contribution in [3.05, 3.63) is 29.8 Å². The molecule has 1 N–H and O–H groups in total. The summed E-state index contributed by atoms with van der Waals surface area (Å²) in [5.41, 5.74) is -0.580. The Bertz CT molecular complexity index is 407. The topological polar surface area (TPSA) is 29.1 Å². The Kier molecular flexibility index (Phi) is 5.53. The van der Waals surface area contributed by atoms with E-state index in [2.05, 4.69) is 5.32 Å². The van der Waals surface area contributed by atoms with Crippen molar-refractivity contribution >= 4 is 23.4 Å². The van der Waals surface area contributed by atoms with Crippen molar-refractivity contribution in [3.8, 4) is 0 Å². The molecule has 1 rings (SSSR count). The Labute approximate surface area is 108 Å². The van der Waals surface area contributed by atoms with Gasteiger partial charge in [0.2, 0.25) is 5.91 Å². The van der Waals surface area contributed by atoms with Crippen LogP contribution in [0.4, 0.5) is 18.9 Å². The lowest BCUT2D eigenvalue weighted by atomic mass is 10.2. The Balaban J connectivity index is 2.60. The van der Waals surface area contributed by atoms with E-state index >= 15 is 0 Å². The summed E-state index contributed by atoms with van der Waals surface area (Å²) in [5, 5.41) is 2.47. The average Bonchev–Trinajstić information content (AvgIpc) is 2.28. The van der Waals surface area contributed by atoms with Gasteiger partial charge in [0, 0.05) is 12.1 Å². The van der Waals surface area contributed by atoms with Crippen molar-refractivity contribution in [2.24, 2.45) is 0 Å². The molecule has 0 aromatic heterocycles. The maximum Gasteiger partial charge on any atom is 0.416 e. The van der Waals surface area contributed by atoms with E-state index in [1.807, 2.05) is 6.26 Å². The van der Waals surface area contributed by atoms with Crippen LogP contribution in [0.15, 0.2) is 24.3 Å². The molecule has 0 radical (unpaired) electrons. The highest BCUT2D eigenvalue weighted by atomic mass is 32.2. The molecule has 0 fully saturated rings. The first-order chi connectivity index (χ1) is 8.43. The molecule has 2 nitrogen and oxygen atoms in total. The number of hydrogen-bond donors (Lipinski definition) is 1. The fraction of sp³-hybridized carbons (Fsp3) is 0.417. The molecule has 0 saturated heterocycles. The first-order valence-electron chi connectivity index (χ1n) is 5.39. The van der Waals surface area contributed by atoms with Crippen molar-refractivity contribution in [1.82, 2.24) is 0 Å². The Morgan fingerprint density at radius 3 is 2.72 bits per heavy atom. The van der Waals surface area contributed by atoms with E-state index in [-0.39, 0.29) is 11.6 Å². The Morgan fingerprint density at radius 2 is 2.11 bits per heavy atom. The number of carbonyl (C=O) groups is 1. The maximum atomic E-state index is 12.4. The second-order valence-corrected chi connectivity index (χ2v) is 4.71. The lowest BCUT2D eigenvalue weighted by molar-refractivity contribution is -0.137. The van der Waals surface area contributed by atoms with Gasteiger partial charge in [-0.1, -0.05) is 6.07 Å². The highest BCUT2D eigenvalue weighted by Crippen LogP contribution is 2.30. The summed E-state index contributed by atoms with van der Waals surface area (Å²) in [6.07, 6.45) is -1.42. The molecule has 6 heteroatoms. The Morgan fingerprint density at radius 1 is 1.39 bits per heavy atom. The molecule has 0 aliphatic carbocycles. The number of alkyl halides is 3. The number of anilines is 1. The van der Waals surface area contributed by atoms with Gasteiger partial charge in [-0.2, -0.15) is 24.9 Å². The molecule has 0 aliphatic heterocycles. The largest absolute Gasteiger partial charge is 0.416 e. The summed E-state index contributed by atoms with van der Waals surface area (Å²) in [6, 6.07) is 4.64. The normalized spacial score (nSPS) is 11.3. The predicted molar refractivity (Wildman–Crippen MR) is 67.7 cm³/mol. The molecule has 1 amide bonds. The zero-order chi connectivity index (χ0) is 13.6. The van der Waals surface area contributed by atoms with Gasteiger partial charge in [-0.3, -0.25) is 4.79 Å². The van der Waals surface area contributed by atoms with E-state index in [0.717, 1.165) is 17.9 Å². The van der Waals surface area contributed by atoms with Crippen LogP contribution in [0.5, 0.6) is 0 Å². The predicted octanol–water partition coefficient (Wildman–Crippen LogP) is 3.79. The summed E-state index contributed by atoms with van der Waals surface area (Å²) < 4.78 is 37.3. The van der Waals surface area contributed by atoms with E-state index in [9.17, 15) is 18.0 Å². The number of nitrogens with one attached hydrogen (secondary N) is 1. The minimum absolute atomic E-state index is 0.180. The molecule has 100 valence electrons. The van der Waals surface area contributed by atoms with Crippen molar-refractivity contribution < 1.29 is 18.0 Å². The first-order valence-corrected chi connectivity index (χ1v) is 6.79. The van der Waals surface area contributed by atoms with Crippen LogP contribution >= 0.6 is 11.8 Å². The quantitative estimate of drug-likeness (QED) is 0.830. The second kappa shape index (κ2) is 6.68. The zero-order valence-corrected chi connectivity index (χ0v) is 10.7. The smallest absolute Gasteiger partial charge is 0.326 e. The van der Waals surface area contributed by atoms with Gasteiger partial charge in [0.25, 0.3) is 0 Å². The van der Waals surface area contributed by atoms with Crippen LogP contribution in [0.2, 0.25) is 0 Å². The number of rotatable bonds is 5. The molecule has 1 aromatic rings. The fourth-order valence-corrected chi connectivity index (χ4v) is 1.81. The van der Waals surface area contributed by atoms with Crippen LogP contribution in [0.1, 0.15) is 18.4 Å². The third kappa shape index (κ3) is 5.00. The number of benzene rings is 1. The average molecular weight is 277 g/mol. The van der Waals surface area contributed by atoms with E-state index in [4.69, 9.17) is 0 Å². The van der Waals surface area contributed by atoms with Crippen LogP contribution in [0, 0.1) is 0 Å². The van der Waals surface area contributed by atoms with Crippen LogP contribution in [0.25, 0.3) is 0 Å². The number of amides is 1. The maximum absolute atomic E-state index is 12.4. The number of carbonyl (C=O) groups excluding carboxylic acids is 1. The summed E-state index contributed by atoms with van der Waals surface area (Å²) in [4.78, 5) is 11.4. The second-order valence-electron chi connectivity index (χ2n) is 3.72. The molecular formula is C12H14F3NOS. The highest BCUT2D eigenvalue weighted by Gasteiger charge is 2.30. The first kappa shape index (κ1) is 14.9. The van der Waals surface area contributed by atoms with E-state index in [1.165, 1.54) is 12.1 Å². The third-order valence-corrected chi connectivity index (χ3v) is 2.92. The lowest BCUT2D eigenvalue weighted by Gasteiger charge is -2.09. The van der Waals surface area contributed by atoms with Crippen molar-refractivity contribution in [3.63, 3.8) is 0 Å². The van der Waals surface area contributed by atoms with Gasteiger partial charge in [0.1, 0.15) is 0 Å². The van der Waals surface area contributed by atoms with Gasteiger partial charge in [-0.25, -0.2) is 0 Å². The molecule has 0 aliphatic rings. The van der Waals surface area contributed by atoms with Crippen molar-refractivity contribution in [2.45, 2.75) is 19.0 Å². The standard InChI is InChI=1S/C12H14F3NOS/c1-18-7-3-6-11(17)16-10-5-2-4-9(8-10)12(13,14)15/h2,4-5,8H,3,6-7H2,1H3,(H,16,17). The fourth-order valence-electron chi connectivity index (χ4n) is 1.37. The minimum atomic E-state index is -4.39. The minimum Gasteiger partial charge on any atom is -0.326 e. The summed E-state index contributed by atoms with van der Waals surface area (Å²) in [7, 11) is 0. The molecule has 1 aromatic carbocycles. The third-order valence-electron chi connectivity index (χ3n) is 2.23. The van der Waals surface area contributed by atoms with Crippen molar-refractivity contribution in [2.75, 3.05) is 17.3 Å². The molecule has 18 heavy (non-hydrogen) atoms. The molecule has 0 heterocycles. The number of thioether (sulfide) groups is 1. The van der Waals surface area contributed by atoms with E-state index in [1.54, 1.807) is 11.8 Å². The molecule has 0 spiro atoms. The molecule has 0 saturated carbocycles.